The van der Waals surface area contributed by atoms with E-state index in [2.05, 4.69) is 15.5 Å². The number of hydrogen-bond donors (Lipinski definition) is 1. The highest BCUT2D eigenvalue weighted by molar-refractivity contribution is 5.91. The first-order valence-corrected chi connectivity index (χ1v) is 9.52. The van der Waals surface area contributed by atoms with Crippen molar-refractivity contribution in [2.45, 2.75) is 13.5 Å². The number of aryl methyl sites for hydroxylation is 1. The summed E-state index contributed by atoms with van der Waals surface area (Å²) < 4.78 is 12.9. The van der Waals surface area contributed by atoms with Crippen LogP contribution in [0.3, 0.4) is 0 Å². The maximum atomic E-state index is 12.8. The van der Waals surface area contributed by atoms with Gasteiger partial charge in [0.2, 0.25) is 5.91 Å². The Morgan fingerprint density at radius 1 is 1.03 bits per heavy atom. The summed E-state index contributed by atoms with van der Waals surface area (Å²) in [6.45, 7) is 1.75. The molecule has 0 unspecified atom stereocenters. The summed E-state index contributed by atoms with van der Waals surface area (Å²) >= 11 is 0. The lowest BCUT2D eigenvalue weighted by Gasteiger charge is -2.10. The Kier molecular flexibility index (Phi) is 5.40. The van der Waals surface area contributed by atoms with Gasteiger partial charge in [0.15, 0.2) is 0 Å². The maximum Gasteiger partial charge on any atom is 0.293 e. The van der Waals surface area contributed by atoms with E-state index in [4.69, 9.17) is 9.47 Å². The summed E-state index contributed by atoms with van der Waals surface area (Å²) in [6.07, 6.45) is 1.41. The number of anilines is 1. The number of methoxy groups -OCH3 is 2. The van der Waals surface area contributed by atoms with E-state index >= 15 is 0 Å². The molecule has 0 atom stereocenters. The normalized spacial score (nSPS) is 10.8. The summed E-state index contributed by atoms with van der Waals surface area (Å²) in [5.74, 6) is 0.663. The fraction of sp³-hybridized carbons (Fsp3) is 0.182. The van der Waals surface area contributed by atoms with Crippen LogP contribution in [0.15, 0.2) is 59.7 Å². The van der Waals surface area contributed by atoms with Crippen LogP contribution in [-0.4, -0.2) is 39.5 Å². The van der Waals surface area contributed by atoms with Crippen LogP contribution in [0, 0.1) is 6.92 Å². The predicted octanol–water partition coefficient (Wildman–Crippen LogP) is 2.52. The van der Waals surface area contributed by atoms with E-state index in [-0.39, 0.29) is 6.54 Å². The fourth-order valence-corrected chi connectivity index (χ4v) is 3.13. The molecule has 0 saturated carbocycles. The molecule has 1 N–H and O–H groups in total. The molecule has 0 bridgehead atoms. The molecule has 2 aromatic carbocycles. The van der Waals surface area contributed by atoms with Crippen LogP contribution in [-0.2, 0) is 11.3 Å². The Labute approximate surface area is 177 Å². The van der Waals surface area contributed by atoms with Gasteiger partial charge in [-0.05, 0) is 13.0 Å². The Balaban J connectivity index is 1.57. The van der Waals surface area contributed by atoms with Crippen molar-refractivity contribution >= 4 is 17.1 Å². The average Bonchev–Trinajstić information content (AvgIpc) is 3.21. The second kappa shape index (κ2) is 8.31. The minimum Gasteiger partial charge on any atom is -0.497 e. The first kappa shape index (κ1) is 20.1. The molecule has 0 aliphatic carbocycles. The number of carbonyl (C=O) groups excluding carboxylic acids is 1. The highest BCUT2D eigenvalue weighted by Crippen LogP contribution is 2.25. The molecule has 0 radical (unpaired) electrons. The average molecular weight is 419 g/mol. The number of benzene rings is 2. The number of nitrogens with one attached hydrogen (secondary N) is 1. The van der Waals surface area contributed by atoms with E-state index in [1.54, 1.807) is 24.3 Å². The lowest BCUT2D eigenvalue weighted by Crippen LogP contribution is -2.30. The van der Waals surface area contributed by atoms with Gasteiger partial charge in [-0.2, -0.15) is 10.2 Å². The SMILES string of the molecule is COc1cc(NC(=O)Cn2ncn3nc(-c4ccc(C)cc4)cc3c2=O)cc(OC)c1. The zero-order valence-electron chi connectivity index (χ0n) is 17.3. The van der Waals surface area contributed by atoms with Crippen LogP contribution in [0.25, 0.3) is 16.8 Å². The molecule has 9 heteroatoms. The monoisotopic (exact) mass is 419 g/mol. The van der Waals surface area contributed by atoms with Gasteiger partial charge in [0.1, 0.15) is 29.9 Å². The van der Waals surface area contributed by atoms with Gasteiger partial charge in [-0.1, -0.05) is 29.8 Å². The summed E-state index contributed by atoms with van der Waals surface area (Å²) in [6, 6.07) is 14.5. The molecule has 158 valence electrons. The molecule has 0 saturated heterocycles. The van der Waals surface area contributed by atoms with Crippen LogP contribution in [0.1, 0.15) is 5.56 Å². The van der Waals surface area contributed by atoms with E-state index in [0.717, 1.165) is 15.8 Å². The van der Waals surface area contributed by atoms with Gasteiger partial charge in [0.25, 0.3) is 5.56 Å². The largest absolute Gasteiger partial charge is 0.497 e. The molecule has 31 heavy (non-hydrogen) atoms. The quantitative estimate of drug-likeness (QED) is 0.516. The Morgan fingerprint density at radius 3 is 2.35 bits per heavy atom. The van der Waals surface area contributed by atoms with E-state index in [1.165, 1.54) is 25.1 Å². The molecule has 2 aromatic heterocycles. The number of fused-ring (bicyclic) bond motifs is 1. The van der Waals surface area contributed by atoms with Crippen LogP contribution in [0.2, 0.25) is 0 Å². The van der Waals surface area contributed by atoms with Gasteiger partial charge in [-0.15, -0.1) is 0 Å². The molecular formula is C22H21N5O4. The molecular weight excluding hydrogens is 398 g/mol. The number of hydrogen-bond acceptors (Lipinski definition) is 6. The van der Waals surface area contributed by atoms with Crippen LogP contribution in [0.5, 0.6) is 11.5 Å². The molecule has 4 rings (SSSR count). The van der Waals surface area contributed by atoms with Crippen molar-refractivity contribution in [2.24, 2.45) is 0 Å². The lowest BCUT2D eigenvalue weighted by molar-refractivity contribution is -0.117. The molecule has 0 aliphatic rings. The van der Waals surface area contributed by atoms with Gasteiger partial charge >= 0.3 is 0 Å². The smallest absolute Gasteiger partial charge is 0.293 e. The minimum atomic E-state index is -0.410. The van der Waals surface area contributed by atoms with Crippen molar-refractivity contribution < 1.29 is 14.3 Å². The Hall–Kier alpha value is -4.14. The van der Waals surface area contributed by atoms with Crippen LogP contribution < -0.4 is 20.3 Å². The lowest BCUT2D eigenvalue weighted by atomic mass is 10.1. The number of amides is 1. The van der Waals surface area contributed by atoms with Gasteiger partial charge in [0.05, 0.1) is 19.9 Å². The van der Waals surface area contributed by atoms with E-state index in [1.807, 2.05) is 31.2 Å². The van der Waals surface area contributed by atoms with Crippen molar-refractivity contribution in [3.8, 4) is 22.8 Å². The van der Waals surface area contributed by atoms with Gasteiger partial charge in [-0.3, -0.25) is 9.59 Å². The zero-order valence-corrected chi connectivity index (χ0v) is 17.3. The summed E-state index contributed by atoms with van der Waals surface area (Å²) in [5.41, 5.74) is 3.10. The topological polar surface area (TPSA) is 99.8 Å². The molecule has 9 nitrogen and oxygen atoms in total. The number of carbonyl (C=O) groups is 1. The van der Waals surface area contributed by atoms with Crippen molar-refractivity contribution in [3.63, 3.8) is 0 Å². The summed E-state index contributed by atoms with van der Waals surface area (Å²) in [5, 5.41) is 11.2. The first-order valence-electron chi connectivity index (χ1n) is 9.52. The van der Waals surface area contributed by atoms with Crippen molar-refractivity contribution in [2.75, 3.05) is 19.5 Å². The minimum absolute atomic E-state index is 0.250. The van der Waals surface area contributed by atoms with Crippen LogP contribution >= 0.6 is 0 Å². The highest BCUT2D eigenvalue weighted by Gasteiger charge is 2.13. The third kappa shape index (κ3) is 4.25. The van der Waals surface area contributed by atoms with Gasteiger partial charge < -0.3 is 14.8 Å². The van der Waals surface area contributed by atoms with Crippen molar-refractivity contribution in [1.29, 1.82) is 0 Å². The van der Waals surface area contributed by atoms with E-state index in [0.29, 0.717) is 28.4 Å². The molecule has 0 spiro atoms. The predicted molar refractivity (Wildman–Crippen MR) is 116 cm³/mol. The van der Waals surface area contributed by atoms with Crippen molar-refractivity contribution in [3.05, 3.63) is 70.8 Å². The van der Waals surface area contributed by atoms with E-state index < -0.39 is 11.5 Å². The number of nitrogens with zero attached hydrogens (tertiary/aromatic N) is 4. The van der Waals surface area contributed by atoms with E-state index in [9.17, 15) is 9.59 Å². The van der Waals surface area contributed by atoms with Crippen LogP contribution in [0.4, 0.5) is 5.69 Å². The summed E-state index contributed by atoms with van der Waals surface area (Å²) in [7, 11) is 3.05. The molecule has 2 heterocycles. The fourth-order valence-electron chi connectivity index (χ4n) is 3.13. The second-order valence-corrected chi connectivity index (χ2v) is 6.97. The highest BCUT2D eigenvalue weighted by atomic mass is 16.5. The third-order valence-corrected chi connectivity index (χ3v) is 4.77. The number of aromatic nitrogens is 4. The molecule has 0 aliphatic heterocycles. The Morgan fingerprint density at radius 2 is 1.71 bits per heavy atom. The van der Waals surface area contributed by atoms with Crippen molar-refractivity contribution in [1.82, 2.24) is 19.4 Å². The Bertz CT molecular complexity index is 1290. The number of ether oxygens (including phenoxy) is 2. The second-order valence-electron chi connectivity index (χ2n) is 6.97. The van der Waals surface area contributed by atoms with Gasteiger partial charge in [-0.25, -0.2) is 9.20 Å². The molecule has 0 fully saturated rings. The summed E-state index contributed by atoms with van der Waals surface area (Å²) in [4.78, 5) is 25.3. The first-order chi connectivity index (χ1) is 15.0. The zero-order chi connectivity index (χ0) is 22.0. The van der Waals surface area contributed by atoms with Gasteiger partial charge in [0, 0.05) is 29.4 Å². The molecule has 1 amide bonds. The maximum absolute atomic E-state index is 12.8. The third-order valence-electron chi connectivity index (χ3n) is 4.77. The number of rotatable bonds is 6. The standard InChI is InChI=1S/C22H21N5O4/c1-14-4-6-15(7-5-14)19-11-20-22(29)26(23-13-27(20)25-19)12-21(28)24-16-8-17(30-2)10-18(9-16)31-3/h4-11,13H,12H2,1-3H3,(H,24,28). The molecule has 4 aromatic rings.